The first-order valence-electron chi connectivity index (χ1n) is 22.2. The van der Waals surface area contributed by atoms with Gasteiger partial charge in [-0.1, -0.05) is 27.7 Å². The van der Waals surface area contributed by atoms with Gasteiger partial charge in [0.15, 0.2) is 0 Å². The molecule has 1 aliphatic heterocycles. The van der Waals surface area contributed by atoms with Crippen LogP contribution in [0.2, 0.25) is 0 Å². The summed E-state index contributed by atoms with van der Waals surface area (Å²) in [6.07, 6.45) is 1.35. The minimum Gasteiger partial charge on any atom is -0.480 e. The minimum absolute atomic E-state index is 0.0542. The van der Waals surface area contributed by atoms with Crippen molar-refractivity contribution in [2.24, 2.45) is 17.6 Å². The van der Waals surface area contributed by atoms with E-state index in [4.69, 9.17) is 10.8 Å². The summed E-state index contributed by atoms with van der Waals surface area (Å²) in [5, 5.41) is 59.3. The summed E-state index contributed by atoms with van der Waals surface area (Å²) in [4.78, 5) is 142. The van der Waals surface area contributed by atoms with Crippen molar-refractivity contribution in [3.63, 3.8) is 0 Å². The van der Waals surface area contributed by atoms with E-state index in [0.29, 0.717) is 12.2 Å². The Balaban J connectivity index is 2.90. The van der Waals surface area contributed by atoms with E-state index >= 15 is 0 Å². The lowest BCUT2D eigenvalue weighted by atomic mass is 10.0. The summed E-state index contributed by atoms with van der Waals surface area (Å²) < 4.78 is 0. The predicted molar refractivity (Wildman–Crippen MR) is 244 cm³/mol. The molecule has 0 spiro atoms. The molecule has 15 N–H and O–H groups in total. The molecule has 0 bridgehead atoms. The van der Waals surface area contributed by atoms with Gasteiger partial charge in [-0.05, 0) is 69.8 Å². The van der Waals surface area contributed by atoms with Gasteiger partial charge >= 0.3 is 5.97 Å². The van der Waals surface area contributed by atoms with Crippen molar-refractivity contribution in [3.05, 3.63) is 0 Å². The number of hydrogen-bond acceptors (Lipinski definition) is 16. The van der Waals surface area contributed by atoms with E-state index in [0.717, 1.165) is 0 Å². The number of carbonyl (C=O) groups excluding carboxylic acids is 10. The number of carboxylic acid groups (broad SMARTS) is 1. The molecule has 0 aromatic heterocycles. The molecule has 9 atom stereocenters. The zero-order valence-electron chi connectivity index (χ0n) is 39.5. The summed E-state index contributed by atoms with van der Waals surface area (Å²) in [5.41, 5.74) is 5.42. The van der Waals surface area contributed by atoms with Gasteiger partial charge in [-0.25, -0.2) is 4.79 Å². The number of aliphatic hydroxyl groups excluding tert-OH is 3. The molecule has 0 radical (unpaired) electrons. The molecular formula is C41H71N11O15S. The topological polar surface area (TPSA) is 406 Å². The van der Waals surface area contributed by atoms with E-state index in [2.05, 4.69) is 47.9 Å². The van der Waals surface area contributed by atoms with Crippen molar-refractivity contribution in [1.82, 2.24) is 52.8 Å². The van der Waals surface area contributed by atoms with Crippen LogP contribution in [0.1, 0.15) is 73.6 Å². The number of rotatable bonds is 30. The Kier molecular flexibility index (Phi) is 27.2. The molecule has 27 heteroatoms. The number of nitrogens with two attached hydrogens (primary N) is 1. The highest BCUT2D eigenvalue weighted by Crippen LogP contribution is 2.21. The molecule has 386 valence electrons. The molecule has 0 aromatic rings. The Bertz CT molecular complexity index is 1770. The number of carbonyl (C=O) groups is 11. The maximum Gasteiger partial charge on any atom is 0.326 e. The average Bonchev–Trinajstić information content (AvgIpc) is 3.77. The summed E-state index contributed by atoms with van der Waals surface area (Å²) in [6.45, 7) is 6.20. The second-order valence-electron chi connectivity index (χ2n) is 17.1. The Morgan fingerprint density at radius 3 is 1.65 bits per heavy atom. The molecule has 26 nitrogen and oxygen atoms in total. The van der Waals surface area contributed by atoms with Crippen molar-refractivity contribution < 1.29 is 73.2 Å². The Labute approximate surface area is 398 Å². The van der Waals surface area contributed by atoms with Crippen LogP contribution in [-0.2, 0) is 52.7 Å². The predicted octanol–water partition coefficient (Wildman–Crippen LogP) is -6.12. The van der Waals surface area contributed by atoms with Crippen LogP contribution in [0.5, 0.6) is 0 Å². The highest BCUT2D eigenvalue weighted by Gasteiger charge is 2.39. The number of aliphatic carboxylic acids is 1. The number of nitrogens with one attached hydrogen (secondary N) is 9. The van der Waals surface area contributed by atoms with Gasteiger partial charge in [0.2, 0.25) is 59.1 Å². The van der Waals surface area contributed by atoms with Crippen molar-refractivity contribution in [1.29, 1.82) is 0 Å². The van der Waals surface area contributed by atoms with Gasteiger partial charge in [-0.3, -0.25) is 47.9 Å². The first-order chi connectivity index (χ1) is 31.9. The number of likely N-dealkylation sites (tertiary alicyclic amines) is 1. The molecule has 0 aliphatic carbocycles. The van der Waals surface area contributed by atoms with Gasteiger partial charge in [0.05, 0.1) is 39.0 Å². The lowest BCUT2D eigenvalue weighted by Gasteiger charge is -2.30. The first kappa shape index (κ1) is 60.4. The minimum atomic E-state index is -1.58. The average molecular weight is 990 g/mol. The third-order valence-electron chi connectivity index (χ3n) is 10.2. The van der Waals surface area contributed by atoms with E-state index in [9.17, 15) is 68.1 Å². The zero-order chi connectivity index (χ0) is 51.8. The SMILES string of the molecule is CSCC[C@@H](NC(=O)CNC(=O)[C@@H](CO)NC(=O)[C@@H](N)CO)C(=O)N1CCC[C@H]1C(=O)N[C@@H](CC(C)C)C(=O)NCC(=O)N[C@@H](C)C(=O)N[C@H](C(=O)NCC(=O)N[C@@H](CC(C)C)C(=O)O)[C@H](C)O. The van der Waals surface area contributed by atoms with Crippen LogP contribution in [0.4, 0.5) is 0 Å². The number of carboxylic acids is 1. The van der Waals surface area contributed by atoms with E-state index in [1.165, 1.54) is 30.5 Å². The van der Waals surface area contributed by atoms with Crippen LogP contribution in [0.3, 0.4) is 0 Å². The largest absolute Gasteiger partial charge is 0.480 e. The fourth-order valence-electron chi connectivity index (χ4n) is 6.61. The quantitative estimate of drug-likeness (QED) is 0.0318. The van der Waals surface area contributed by atoms with Crippen molar-refractivity contribution >= 4 is 76.8 Å². The fraction of sp³-hybridized carbons (Fsp3) is 0.732. The van der Waals surface area contributed by atoms with Crippen molar-refractivity contribution in [3.8, 4) is 0 Å². The summed E-state index contributed by atoms with van der Waals surface area (Å²) in [5.74, 6) is -9.24. The van der Waals surface area contributed by atoms with Gasteiger partial charge < -0.3 is 78.9 Å². The van der Waals surface area contributed by atoms with E-state index < -0.39 is 152 Å². The number of thioether (sulfide) groups is 1. The monoisotopic (exact) mass is 989 g/mol. The fourth-order valence-corrected chi connectivity index (χ4v) is 7.08. The lowest BCUT2D eigenvalue weighted by Crippen LogP contribution is -2.58. The summed E-state index contributed by atoms with van der Waals surface area (Å²) in [6, 6.07) is -10.3. The van der Waals surface area contributed by atoms with Gasteiger partial charge in [-0.2, -0.15) is 11.8 Å². The number of hydrogen-bond donors (Lipinski definition) is 14. The second-order valence-corrected chi connectivity index (χ2v) is 18.1. The van der Waals surface area contributed by atoms with E-state index in [1.54, 1.807) is 34.0 Å². The maximum atomic E-state index is 13.9. The van der Waals surface area contributed by atoms with Crippen molar-refractivity contribution in [2.75, 3.05) is 51.4 Å². The number of nitrogens with zero attached hydrogens (tertiary/aromatic N) is 1. The molecule has 68 heavy (non-hydrogen) atoms. The molecule has 0 aromatic carbocycles. The smallest absolute Gasteiger partial charge is 0.326 e. The van der Waals surface area contributed by atoms with Gasteiger partial charge in [-0.15, -0.1) is 0 Å². The molecule has 0 saturated carbocycles. The highest BCUT2D eigenvalue weighted by atomic mass is 32.2. The van der Waals surface area contributed by atoms with Gasteiger partial charge in [0, 0.05) is 6.54 Å². The third kappa shape index (κ3) is 21.5. The van der Waals surface area contributed by atoms with Gasteiger partial charge in [0.1, 0.15) is 48.3 Å². The standard InChI is InChI=1S/C41H71N11O15S/c1-20(2)13-26(36(61)43-15-30(56)46-22(5)34(59)51-33(23(6)55)39(64)45-17-32(58)48-27(41(66)67)14-21(3)4)49-38(63)29-9-8-11-52(29)40(65)25(10-12-68-7)47-31(57)16-44-37(62)28(19-54)50-35(60)24(42)18-53/h20-29,33,53-55H,8-19,42H2,1-7H3,(H,43,61)(H,44,62)(H,45,64)(H,46,56)(H,47,57)(H,48,58)(H,49,63)(H,50,60)(H,51,59)(H,66,67)/t22-,23-,24-,25+,26-,27-,28+,29-,33-/m0/s1. The first-order valence-corrected chi connectivity index (χ1v) is 23.6. The molecule has 10 amide bonds. The molecule has 0 unspecified atom stereocenters. The van der Waals surface area contributed by atoms with Gasteiger partial charge in [0.25, 0.3) is 0 Å². The maximum absolute atomic E-state index is 13.9. The Morgan fingerprint density at radius 1 is 0.632 bits per heavy atom. The summed E-state index contributed by atoms with van der Waals surface area (Å²) >= 11 is 1.39. The Morgan fingerprint density at radius 2 is 1.15 bits per heavy atom. The normalized spacial score (nSPS) is 16.9. The highest BCUT2D eigenvalue weighted by molar-refractivity contribution is 7.98. The number of amides is 10. The molecule has 1 rings (SSSR count). The molecule has 1 aliphatic rings. The van der Waals surface area contributed by atoms with Crippen LogP contribution < -0.4 is 53.6 Å². The molecule has 1 heterocycles. The van der Waals surface area contributed by atoms with Crippen LogP contribution in [0.15, 0.2) is 0 Å². The second kappa shape index (κ2) is 30.7. The van der Waals surface area contributed by atoms with Crippen LogP contribution in [-0.4, -0.2) is 196 Å². The lowest BCUT2D eigenvalue weighted by molar-refractivity contribution is -0.142. The van der Waals surface area contributed by atoms with Crippen LogP contribution in [0.25, 0.3) is 0 Å². The molecular weight excluding hydrogens is 919 g/mol. The van der Waals surface area contributed by atoms with E-state index in [-0.39, 0.29) is 44.1 Å². The molecule has 1 fully saturated rings. The van der Waals surface area contributed by atoms with Crippen LogP contribution in [0, 0.1) is 11.8 Å². The van der Waals surface area contributed by atoms with Crippen LogP contribution >= 0.6 is 11.8 Å². The van der Waals surface area contributed by atoms with E-state index in [1.807, 2.05) is 0 Å². The molecule has 1 saturated heterocycles. The van der Waals surface area contributed by atoms with Crippen molar-refractivity contribution in [2.45, 2.75) is 128 Å². The summed E-state index contributed by atoms with van der Waals surface area (Å²) in [7, 11) is 0. The number of aliphatic hydroxyl groups is 3. The Hall–Kier alpha value is -5.64. The zero-order valence-corrected chi connectivity index (χ0v) is 40.4. The third-order valence-corrected chi connectivity index (χ3v) is 10.9.